The van der Waals surface area contributed by atoms with Gasteiger partial charge < -0.3 is 15.2 Å². The molecule has 1 aromatic carbocycles. The second kappa shape index (κ2) is 5.79. The van der Waals surface area contributed by atoms with Crippen molar-refractivity contribution < 1.29 is 14.8 Å². The average Bonchev–Trinajstić information content (AvgIpc) is 3.18. The van der Waals surface area contributed by atoms with Crippen LogP contribution in [-0.2, 0) is 6.54 Å². The van der Waals surface area contributed by atoms with Crippen molar-refractivity contribution in [2.45, 2.75) is 25.4 Å². The van der Waals surface area contributed by atoms with E-state index in [2.05, 4.69) is 5.32 Å². The summed E-state index contributed by atoms with van der Waals surface area (Å²) in [5.74, 6) is 0.586. The van der Waals surface area contributed by atoms with Crippen LogP contribution in [0.3, 0.4) is 0 Å². The molecule has 0 bridgehead atoms. The molecule has 1 aliphatic carbocycles. The van der Waals surface area contributed by atoms with E-state index in [9.17, 15) is 10.1 Å². The zero-order chi connectivity index (χ0) is 13.0. The Kier molecular flexibility index (Phi) is 4.11. The summed E-state index contributed by atoms with van der Waals surface area (Å²) in [6.07, 6.45) is 2.31. The van der Waals surface area contributed by atoms with Gasteiger partial charge in [-0.3, -0.25) is 10.1 Å². The maximum Gasteiger partial charge on any atom is 0.270 e. The number of aliphatic hydroxyl groups excluding tert-OH is 1. The van der Waals surface area contributed by atoms with Crippen LogP contribution in [0, 0.1) is 10.1 Å². The first-order valence-corrected chi connectivity index (χ1v) is 5.95. The number of nitro groups is 1. The molecule has 0 unspecified atom stereocenters. The van der Waals surface area contributed by atoms with Crippen LogP contribution >= 0.6 is 0 Å². The number of nitrogens with one attached hydrogen (secondary N) is 1. The highest BCUT2D eigenvalue weighted by Crippen LogP contribution is 2.26. The van der Waals surface area contributed by atoms with Crippen LogP contribution in [-0.4, -0.2) is 29.3 Å². The summed E-state index contributed by atoms with van der Waals surface area (Å²) < 4.78 is 5.36. The van der Waals surface area contributed by atoms with Crippen molar-refractivity contribution >= 4 is 5.69 Å². The van der Waals surface area contributed by atoms with E-state index in [4.69, 9.17) is 9.84 Å². The Labute approximate surface area is 105 Å². The molecule has 0 atom stereocenters. The zero-order valence-corrected chi connectivity index (χ0v) is 9.96. The van der Waals surface area contributed by atoms with Gasteiger partial charge in [0.05, 0.1) is 11.5 Å². The lowest BCUT2D eigenvalue weighted by atomic mass is 10.1. The summed E-state index contributed by atoms with van der Waals surface area (Å²) in [6, 6.07) is 5.03. The SMILES string of the molecule is O=[N+]([O-])c1ccc(OCCO)c(CNC2CC2)c1. The molecule has 0 radical (unpaired) electrons. The van der Waals surface area contributed by atoms with Gasteiger partial charge in [0, 0.05) is 30.3 Å². The van der Waals surface area contributed by atoms with Crippen LogP contribution < -0.4 is 10.1 Å². The Hall–Kier alpha value is -1.66. The minimum absolute atomic E-state index is 0.0546. The fraction of sp³-hybridized carbons (Fsp3) is 0.500. The highest BCUT2D eigenvalue weighted by Gasteiger charge is 2.21. The van der Waals surface area contributed by atoms with Gasteiger partial charge in [0.1, 0.15) is 12.4 Å². The number of rotatable bonds is 7. The Balaban J connectivity index is 2.11. The van der Waals surface area contributed by atoms with E-state index in [-0.39, 0.29) is 18.9 Å². The van der Waals surface area contributed by atoms with Gasteiger partial charge in [-0.25, -0.2) is 0 Å². The molecule has 0 heterocycles. The predicted octanol–water partition coefficient (Wildman–Crippen LogP) is 1.22. The molecule has 2 N–H and O–H groups in total. The molecule has 1 saturated carbocycles. The molecular formula is C12H16N2O4. The monoisotopic (exact) mass is 252 g/mol. The quantitative estimate of drug-likeness (QED) is 0.563. The summed E-state index contributed by atoms with van der Waals surface area (Å²) in [6.45, 7) is 0.661. The lowest BCUT2D eigenvalue weighted by Gasteiger charge is -2.11. The number of non-ortho nitro benzene ring substituents is 1. The second-order valence-electron chi connectivity index (χ2n) is 4.28. The third kappa shape index (κ3) is 3.41. The largest absolute Gasteiger partial charge is 0.491 e. The number of ether oxygens (including phenoxy) is 1. The third-order valence-corrected chi connectivity index (χ3v) is 2.76. The molecule has 1 aromatic rings. The average molecular weight is 252 g/mol. The number of hydrogen-bond donors (Lipinski definition) is 2. The van der Waals surface area contributed by atoms with E-state index in [1.54, 1.807) is 6.07 Å². The van der Waals surface area contributed by atoms with E-state index in [1.165, 1.54) is 12.1 Å². The molecule has 18 heavy (non-hydrogen) atoms. The van der Waals surface area contributed by atoms with Crippen molar-refractivity contribution in [3.05, 3.63) is 33.9 Å². The number of hydrogen-bond acceptors (Lipinski definition) is 5. The Bertz CT molecular complexity index is 432. The summed E-state index contributed by atoms with van der Waals surface area (Å²) in [5, 5.41) is 22.8. The van der Waals surface area contributed by atoms with Gasteiger partial charge in [0.25, 0.3) is 5.69 Å². The van der Waals surface area contributed by atoms with Gasteiger partial charge in [-0.2, -0.15) is 0 Å². The van der Waals surface area contributed by atoms with Crippen molar-refractivity contribution in [1.82, 2.24) is 5.32 Å². The molecule has 6 heteroatoms. The Morgan fingerprint density at radius 3 is 2.89 bits per heavy atom. The summed E-state index contributed by atoms with van der Waals surface area (Å²) in [4.78, 5) is 10.3. The maximum absolute atomic E-state index is 10.7. The molecule has 2 rings (SSSR count). The van der Waals surface area contributed by atoms with Gasteiger partial charge in [-0.15, -0.1) is 0 Å². The second-order valence-corrected chi connectivity index (χ2v) is 4.28. The smallest absolute Gasteiger partial charge is 0.270 e. The highest BCUT2D eigenvalue weighted by molar-refractivity contribution is 5.43. The van der Waals surface area contributed by atoms with Crippen molar-refractivity contribution in [1.29, 1.82) is 0 Å². The van der Waals surface area contributed by atoms with E-state index in [1.807, 2.05) is 0 Å². The zero-order valence-electron chi connectivity index (χ0n) is 9.96. The topological polar surface area (TPSA) is 84.6 Å². The Morgan fingerprint density at radius 2 is 2.28 bits per heavy atom. The van der Waals surface area contributed by atoms with Gasteiger partial charge in [0.2, 0.25) is 0 Å². The molecule has 0 amide bonds. The minimum Gasteiger partial charge on any atom is -0.491 e. The molecule has 0 aliphatic heterocycles. The first-order chi connectivity index (χ1) is 8.70. The lowest BCUT2D eigenvalue weighted by Crippen LogP contribution is -2.16. The molecule has 0 saturated heterocycles. The van der Waals surface area contributed by atoms with Gasteiger partial charge >= 0.3 is 0 Å². The van der Waals surface area contributed by atoms with Crippen LogP contribution in [0.1, 0.15) is 18.4 Å². The first-order valence-electron chi connectivity index (χ1n) is 5.95. The van der Waals surface area contributed by atoms with Crippen LogP contribution in [0.2, 0.25) is 0 Å². The Morgan fingerprint density at radius 1 is 1.50 bits per heavy atom. The molecule has 1 fully saturated rings. The summed E-state index contributed by atoms with van der Waals surface area (Å²) in [5.41, 5.74) is 0.809. The first kappa shape index (κ1) is 12.8. The van der Waals surface area contributed by atoms with Crippen molar-refractivity contribution in [3.63, 3.8) is 0 Å². The lowest BCUT2D eigenvalue weighted by molar-refractivity contribution is -0.384. The van der Waals surface area contributed by atoms with E-state index in [0.29, 0.717) is 18.3 Å². The highest BCUT2D eigenvalue weighted by atomic mass is 16.6. The number of nitro benzene ring substituents is 1. The predicted molar refractivity (Wildman–Crippen MR) is 65.5 cm³/mol. The maximum atomic E-state index is 10.7. The number of aliphatic hydroxyl groups is 1. The molecule has 98 valence electrons. The fourth-order valence-corrected chi connectivity index (χ4v) is 1.66. The van der Waals surface area contributed by atoms with Crippen LogP contribution in [0.5, 0.6) is 5.75 Å². The number of nitrogens with zero attached hydrogens (tertiary/aromatic N) is 1. The molecule has 1 aliphatic rings. The van der Waals surface area contributed by atoms with E-state index in [0.717, 1.165) is 18.4 Å². The molecule has 0 aromatic heterocycles. The van der Waals surface area contributed by atoms with Crippen molar-refractivity contribution in [3.8, 4) is 5.75 Å². The minimum atomic E-state index is -0.420. The summed E-state index contributed by atoms with van der Waals surface area (Å²) >= 11 is 0. The molecule has 6 nitrogen and oxygen atoms in total. The van der Waals surface area contributed by atoms with Crippen LogP contribution in [0.4, 0.5) is 5.69 Å². The van der Waals surface area contributed by atoms with Gasteiger partial charge in [-0.05, 0) is 18.9 Å². The van der Waals surface area contributed by atoms with Crippen molar-refractivity contribution in [2.24, 2.45) is 0 Å². The van der Waals surface area contributed by atoms with E-state index < -0.39 is 4.92 Å². The fourth-order valence-electron chi connectivity index (χ4n) is 1.66. The standard InChI is InChI=1S/C12H16N2O4/c15-5-6-18-12-4-3-11(14(16)17)7-9(12)8-13-10-1-2-10/h3-4,7,10,13,15H,1-2,5-6,8H2. The third-order valence-electron chi connectivity index (χ3n) is 2.76. The molecule has 0 spiro atoms. The normalized spacial score (nSPS) is 14.5. The van der Waals surface area contributed by atoms with Gasteiger partial charge in [0.15, 0.2) is 0 Å². The van der Waals surface area contributed by atoms with Crippen LogP contribution in [0.25, 0.3) is 0 Å². The van der Waals surface area contributed by atoms with Crippen molar-refractivity contribution in [2.75, 3.05) is 13.2 Å². The van der Waals surface area contributed by atoms with Gasteiger partial charge in [-0.1, -0.05) is 0 Å². The van der Waals surface area contributed by atoms with Crippen LogP contribution in [0.15, 0.2) is 18.2 Å². The molecular weight excluding hydrogens is 236 g/mol. The summed E-state index contributed by atoms with van der Waals surface area (Å²) in [7, 11) is 0. The number of benzene rings is 1. The van der Waals surface area contributed by atoms with E-state index >= 15 is 0 Å².